The highest BCUT2D eigenvalue weighted by atomic mass is 35.5. The molecule has 0 amide bonds. The number of anilines is 1. The number of para-hydroxylation sites is 1. The van der Waals surface area contributed by atoms with Crippen molar-refractivity contribution in [1.82, 2.24) is 19.7 Å². The number of nitrogens with zero attached hydrogens (tertiary/aromatic N) is 5. The number of aromatic nitrogens is 4. The quantitative estimate of drug-likeness (QED) is 0.231. The zero-order valence-electron chi connectivity index (χ0n) is 27.0. The minimum Gasteiger partial charge on any atom is -0.362 e. The second-order valence-corrected chi connectivity index (χ2v) is 13.7. The molecule has 0 atom stereocenters. The van der Waals surface area contributed by atoms with Crippen molar-refractivity contribution in [3.8, 4) is 0 Å². The molecule has 0 bridgehead atoms. The van der Waals surface area contributed by atoms with Crippen molar-refractivity contribution >= 4 is 39.9 Å². The third-order valence-corrected chi connectivity index (χ3v) is 8.34. The van der Waals surface area contributed by atoms with Gasteiger partial charge in [-0.15, -0.1) is 0 Å². The number of benzene rings is 2. The Balaban J connectivity index is 0.000000190. The van der Waals surface area contributed by atoms with E-state index in [1.807, 2.05) is 67.0 Å². The molecule has 0 aliphatic heterocycles. The molecule has 5 rings (SSSR count). The lowest BCUT2D eigenvalue weighted by Crippen LogP contribution is -2.13. The van der Waals surface area contributed by atoms with Crippen LogP contribution < -0.4 is 4.90 Å². The van der Waals surface area contributed by atoms with Gasteiger partial charge in [-0.05, 0) is 61.1 Å². The van der Waals surface area contributed by atoms with Gasteiger partial charge < -0.3 is 4.90 Å². The number of hydrogen-bond donors (Lipinski definition) is 0. The largest absolute Gasteiger partial charge is 0.362 e. The van der Waals surface area contributed by atoms with Crippen LogP contribution in [0.25, 0.3) is 10.9 Å². The molecule has 228 valence electrons. The summed E-state index contributed by atoms with van der Waals surface area (Å²) in [7, 11) is 3.99. The van der Waals surface area contributed by atoms with Gasteiger partial charge in [0.1, 0.15) is 11.6 Å². The second-order valence-electron chi connectivity index (χ2n) is 12.9. The average molecular weight is 611 g/mol. The molecule has 0 saturated heterocycles. The minimum absolute atomic E-state index is 0.0545. The van der Waals surface area contributed by atoms with E-state index >= 15 is 0 Å². The van der Waals surface area contributed by atoms with Crippen LogP contribution in [0.1, 0.15) is 90.0 Å². The maximum atomic E-state index is 6.25. The molecule has 1 aliphatic carbocycles. The fourth-order valence-corrected chi connectivity index (χ4v) is 5.46. The summed E-state index contributed by atoms with van der Waals surface area (Å²) in [6.07, 6.45) is 6.85. The van der Waals surface area contributed by atoms with Crippen molar-refractivity contribution in [2.75, 3.05) is 19.0 Å². The Morgan fingerprint density at radius 2 is 1.52 bits per heavy atom. The predicted molar refractivity (Wildman–Crippen MR) is 181 cm³/mol. The van der Waals surface area contributed by atoms with Gasteiger partial charge >= 0.3 is 0 Å². The highest BCUT2D eigenvalue weighted by Gasteiger charge is 2.19. The number of aryl methyl sites for hydroxylation is 2. The van der Waals surface area contributed by atoms with Gasteiger partial charge in [0.15, 0.2) is 0 Å². The molecule has 0 spiro atoms. The Morgan fingerprint density at radius 3 is 2.07 bits per heavy atom. The van der Waals surface area contributed by atoms with Gasteiger partial charge in [-0.2, -0.15) is 5.10 Å². The van der Waals surface area contributed by atoms with Gasteiger partial charge in [0, 0.05) is 40.6 Å². The van der Waals surface area contributed by atoms with Crippen molar-refractivity contribution in [1.29, 1.82) is 0 Å². The Kier molecular flexibility index (Phi) is 12.3. The molecule has 2 aromatic heterocycles. The van der Waals surface area contributed by atoms with Crippen molar-refractivity contribution in [2.45, 2.75) is 92.5 Å². The minimum atomic E-state index is 0.0545. The molecular formula is C35H49Cl2N5. The third kappa shape index (κ3) is 9.70. The number of rotatable bonds is 4. The molecular weight excluding hydrogens is 561 g/mol. The maximum absolute atomic E-state index is 6.25. The summed E-state index contributed by atoms with van der Waals surface area (Å²) in [4.78, 5) is 10.8. The van der Waals surface area contributed by atoms with Crippen LogP contribution in [-0.4, -0.2) is 33.8 Å². The van der Waals surface area contributed by atoms with E-state index in [4.69, 9.17) is 28.3 Å². The van der Waals surface area contributed by atoms with E-state index < -0.39 is 0 Å². The van der Waals surface area contributed by atoms with E-state index in [-0.39, 0.29) is 5.41 Å². The summed E-state index contributed by atoms with van der Waals surface area (Å²) in [5, 5.41) is 7.18. The van der Waals surface area contributed by atoms with Crippen molar-refractivity contribution in [2.24, 2.45) is 11.8 Å². The molecule has 42 heavy (non-hydrogen) atoms. The van der Waals surface area contributed by atoms with Crippen molar-refractivity contribution in [3.63, 3.8) is 0 Å². The van der Waals surface area contributed by atoms with Crippen molar-refractivity contribution < 1.29 is 0 Å². The second kappa shape index (κ2) is 15.2. The highest BCUT2D eigenvalue weighted by molar-refractivity contribution is 6.35. The lowest BCUT2D eigenvalue weighted by molar-refractivity contribution is 0.308. The Bertz CT molecular complexity index is 1420. The predicted octanol–water partition coefficient (Wildman–Crippen LogP) is 9.93. The van der Waals surface area contributed by atoms with E-state index in [1.54, 1.807) is 6.07 Å². The van der Waals surface area contributed by atoms with Crippen LogP contribution in [0.3, 0.4) is 0 Å². The van der Waals surface area contributed by atoms with Crippen LogP contribution in [0.2, 0.25) is 10.0 Å². The fourth-order valence-electron chi connectivity index (χ4n) is 5.00. The molecule has 0 unspecified atom stereocenters. The summed E-state index contributed by atoms with van der Waals surface area (Å²) in [6.45, 7) is 16.0. The molecule has 1 fully saturated rings. The molecule has 7 heteroatoms. The smallest absolute Gasteiger partial charge is 0.139 e. The first-order valence-electron chi connectivity index (χ1n) is 15.2. The molecule has 2 heterocycles. The highest BCUT2D eigenvalue weighted by Crippen LogP contribution is 2.28. The topological polar surface area (TPSA) is 46.8 Å². The number of halogens is 2. The first-order chi connectivity index (χ1) is 19.8. The van der Waals surface area contributed by atoms with Crippen LogP contribution in [-0.2, 0) is 18.4 Å². The molecule has 1 aliphatic rings. The van der Waals surface area contributed by atoms with Crippen LogP contribution >= 0.6 is 23.2 Å². The Morgan fingerprint density at radius 1 is 0.905 bits per heavy atom. The van der Waals surface area contributed by atoms with Crippen molar-refractivity contribution in [3.05, 3.63) is 81.4 Å². The maximum Gasteiger partial charge on any atom is 0.139 e. The lowest BCUT2D eigenvalue weighted by atomic mass is 9.84. The summed E-state index contributed by atoms with van der Waals surface area (Å²) >= 11 is 12.2. The Labute approximate surface area is 263 Å². The number of fused-ring (bicyclic) bond motifs is 1. The van der Waals surface area contributed by atoms with E-state index in [2.05, 4.69) is 57.6 Å². The summed E-state index contributed by atoms with van der Waals surface area (Å²) in [5.41, 5.74) is 4.43. The summed E-state index contributed by atoms with van der Waals surface area (Å²) in [6, 6.07) is 15.8. The molecule has 2 aromatic carbocycles. The number of hydrogen-bond acceptors (Lipinski definition) is 4. The normalized spacial score (nSPS) is 16.7. The SMILES string of the molecule is CC1CCC(C)CC1.CCc1cc(C(C)(C)C)nn1Cc1ccc(Cl)cc1Cl.Cc1nc(N(C)C)c2ccccc2n1. The Hall–Kier alpha value is -2.63. The van der Waals surface area contributed by atoms with Gasteiger partial charge in [-0.25, -0.2) is 9.97 Å². The lowest BCUT2D eigenvalue weighted by Gasteiger charge is -2.22. The zero-order valence-corrected chi connectivity index (χ0v) is 28.5. The van der Waals surface area contributed by atoms with Gasteiger partial charge in [0.25, 0.3) is 0 Å². The monoisotopic (exact) mass is 609 g/mol. The molecule has 0 radical (unpaired) electrons. The van der Waals surface area contributed by atoms with Gasteiger partial charge in [0.05, 0.1) is 17.8 Å². The van der Waals surface area contributed by atoms with Crippen LogP contribution in [0.5, 0.6) is 0 Å². The van der Waals surface area contributed by atoms with Gasteiger partial charge in [0.2, 0.25) is 0 Å². The first kappa shape index (κ1) is 33.9. The zero-order chi connectivity index (χ0) is 31.0. The summed E-state index contributed by atoms with van der Waals surface area (Å²) in [5.74, 6) is 3.83. The van der Waals surface area contributed by atoms with E-state index in [0.29, 0.717) is 16.6 Å². The third-order valence-electron chi connectivity index (χ3n) is 7.75. The molecule has 1 saturated carbocycles. The molecule has 0 N–H and O–H groups in total. The van der Waals surface area contributed by atoms with Crippen LogP contribution in [0, 0.1) is 18.8 Å². The average Bonchev–Trinajstić information content (AvgIpc) is 3.36. The molecule has 4 aromatic rings. The van der Waals surface area contributed by atoms with Gasteiger partial charge in [-0.1, -0.05) is 109 Å². The summed E-state index contributed by atoms with van der Waals surface area (Å²) < 4.78 is 2.04. The van der Waals surface area contributed by atoms with E-state index in [1.165, 1.54) is 31.4 Å². The van der Waals surface area contributed by atoms with Crippen LogP contribution in [0.15, 0.2) is 48.5 Å². The fraction of sp³-hybridized carbons (Fsp3) is 0.514. The van der Waals surface area contributed by atoms with Crippen LogP contribution in [0.4, 0.5) is 5.82 Å². The van der Waals surface area contributed by atoms with Gasteiger partial charge in [-0.3, -0.25) is 4.68 Å². The first-order valence-corrected chi connectivity index (χ1v) is 16.0. The standard InChI is InChI=1S/C16H20Cl2N2.C11H13N3.C8H16/c1-5-13-9-15(16(2,3)4)19-20(13)10-11-6-7-12(17)8-14(11)18;1-8-12-10-7-5-4-6-9(10)11(13-8)14(2)3;1-7-3-5-8(2)6-4-7/h6-9H,5,10H2,1-4H3;4-7H,1-3H3;7-8H,3-6H2,1-2H3. The molecule has 5 nitrogen and oxygen atoms in total. The van der Waals surface area contributed by atoms with E-state index in [9.17, 15) is 0 Å². The van der Waals surface area contributed by atoms with E-state index in [0.717, 1.165) is 52.1 Å².